The second-order valence-corrected chi connectivity index (χ2v) is 5.10. The van der Waals surface area contributed by atoms with Crippen LogP contribution in [0.15, 0.2) is 17.0 Å². The van der Waals surface area contributed by atoms with Crippen LogP contribution in [0.25, 0.3) is 0 Å². The zero-order chi connectivity index (χ0) is 13.2. The summed E-state index contributed by atoms with van der Waals surface area (Å²) < 4.78 is 0.663. The lowest BCUT2D eigenvalue weighted by Crippen LogP contribution is -2.12. The number of hydrogen-bond donors (Lipinski definition) is 1. The minimum absolute atomic E-state index is 0.0158. The van der Waals surface area contributed by atoms with E-state index >= 15 is 0 Å². The maximum absolute atomic E-state index is 11.6. The molecule has 5 heteroatoms. The van der Waals surface area contributed by atoms with Crippen molar-refractivity contribution in [1.29, 1.82) is 0 Å². The predicted molar refractivity (Wildman–Crippen MR) is 76.4 cm³/mol. The number of amides is 1. The molecule has 0 aliphatic carbocycles. The molecular formula is C13H20BrN3O. The van der Waals surface area contributed by atoms with Crippen LogP contribution in [0.4, 0.5) is 5.82 Å². The number of hydrogen-bond acceptors (Lipinski definition) is 3. The molecular weight excluding hydrogens is 294 g/mol. The summed E-state index contributed by atoms with van der Waals surface area (Å²) in [5.74, 6) is 0.524. The quantitative estimate of drug-likeness (QED) is 0.740. The number of nitrogens with one attached hydrogen (secondary N) is 1. The van der Waals surface area contributed by atoms with E-state index in [1.807, 2.05) is 0 Å². The van der Waals surface area contributed by atoms with Gasteiger partial charge in [-0.1, -0.05) is 39.0 Å². The van der Waals surface area contributed by atoms with Gasteiger partial charge in [0.25, 0.3) is 0 Å². The molecule has 18 heavy (non-hydrogen) atoms. The Hall–Kier alpha value is -0.970. The normalized spacial score (nSPS) is 10.3. The van der Waals surface area contributed by atoms with Crippen LogP contribution in [0.1, 0.15) is 51.9 Å². The molecule has 1 rings (SSSR count). The summed E-state index contributed by atoms with van der Waals surface area (Å²) in [7, 11) is 0. The number of rotatable bonds is 8. The van der Waals surface area contributed by atoms with Gasteiger partial charge in [-0.2, -0.15) is 0 Å². The summed E-state index contributed by atoms with van der Waals surface area (Å²) in [4.78, 5) is 19.6. The molecule has 0 radical (unpaired) electrons. The molecule has 1 amide bonds. The summed E-state index contributed by atoms with van der Waals surface area (Å²) in [6, 6.07) is 0. The van der Waals surface area contributed by atoms with Gasteiger partial charge in [-0.05, 0) is 22.4 Å². The third-order valence-corrected chi connectivity index (χ3v) is 3.05. The minimum atomic E-state index is 0.0158. The monoisotopic (exact) mass is 313 g/mol. The molecule has 0 atom stereocenters. The van der Waals surface area contributed by atoms with E-state index in [-0.39, 0.29) is 5.91 Å². The van der Waals surface area contributed by atoms with Gasteiger partial charge in [0, 0.05) is 6.42 Å². The minimum Gasteiger partial charge on any atom is -0.309 e. The second-order valence-electron chi connectivity index (χ2n) is 4.29. The van der Waals surface area contributed by atoms with Crippen molar-refractivity contribution < 1.29 is 4.79 Å². The van der Waals surface area contributed by atoms with Crippen LogP contribution in [0, 0.1) is 0 Å². The van der Waals surface area contributed by atoms with E-state index in [1.165, 1.54) is 25.7 Å². The third kappa shape index (κ3) is 6.69. The van der Waals surface area contributed by atoms with Gasteiger partial charge in [0.15, 0.2) is 5.82 Å². The third-order valence-electron chi connectivity index (χ3n) is 2.65. The average molecular weight is 314 g/mol. The molecule has 0 fully saturated rings. The van der Waals surface area contributed by atoms with Gasteiger partial charge in [-0.25, -0.2) is 9.97 Å². The predicted octanol–water partition coefficient (Wildman–Crippen LogP) is 3.93. The van der Waals surface area contributed by atoms with Crippen molar-refractivity contribution in [2.24, 2.45) is 0 Å². The van der Waals surface area contributed by atoms with Crippen LogP contribution in [0.5, 0.6) is 0 Å². The Kier molecular flexibility index (Phi) is 7.57. The van der Waals surface area contributed by atoms with Crippen molar-refractivity contribution in [2.45, 2.75) is 51.9 Å². The van der Waals surface area contributed by atoms with E-state index in [0.29, 0.717) is 16.8 Å². The van der Waals surface area contributed by atoms with Gasteiger partial charge >= 0.3 is 0 Å². The van der Waals surface area contributed by atoms with Crippen molar-refractivity contribution in [3.63, 3.8) is 0 Å². The van der Waals surface area contributed by atoms with E-state index in [1.54, 1.807) is 12.4 Å². The molecule has 0 aliphatic heterocycles. The largest absolute Gasteiger partial charge is 0.309 e. The van der Waals surface area contributed by atoms with Gasteiger partial charge in [-0.15, -0.1) is 0 Å². The smallest absolute Gasteiger partial charge is 0.225 e. The molecule has 1 aromatic rings. The number of halogens is 1. The van der Waals surface area contributed by atoms with Crippen molar-refractivity contribution in [2.75, 3.05) is 5.32 Å². The number of carbonyl (C=O) groups is 1. The Balaban J connectivity index is 2.12. The van der Waals surface area contributed by atoms with Crippen molar-refractivity contribution in [3.05, 3.63) is 17.0 Å². The highest BCUT2D eigenvalue weighted by molar-refractivity contribution is 9.10. The Morgan fingerprint density at radius 3 is 2.56 bits per heavy atom. The van der Waals surface area contributed by atoms with Crippen LogP contribution in [0.3, 0.4) is 0 Å². The van der Waals surface area contributed by atoms with Gasteiger partial charge < -0.3 is 5.32 Å². The lowest BCUT2D eigenvalue weighted by molar-refractivity contribution is -0.116. The molecule has 0 saturated carbocycles. The van der Waals surface area contributed by atoms with E-state index in [0.717, 1.165) is 12.8 Å². The fraction of sp³-hybridized carbons (Fsp3) is 0.615. The highest BCUT2D eigenvalue weighted by atomic mass is 79.9. The van der Waals surface area contributed by atoms with Gasteiger partial charge in [-0.3, -0.25) is 4.79 Å². The summed E-state index contributed by atoms with van der Waals surface area (Å²) in [6.07, 6.45) is 10.8. The molecule has 0 unspecified atom stereocenters. The van der Waals surface area contributed by atoms with Crippen LogP contribution in [-0.4, -0.2) is 15.9 Å². The Bertz CT molecular complexity index is 354. The van der Waals surface area contributed by atoms with Crippen LogP contribution < -0.4 is 5.32 Å². The number of aromatic nitrogens is 2. The standard InChI is InChI=1S/C13H20BrN3O/c1-2-3-4-5-6-7-8-13(18)17-12-10-15-11(14)9-16-12/h9-10H,2-8H2,1H3,(H,16,17,18). The topological polar surface area (TPSA) is 54.9 Å². The van der Waals surface area contributed by atoms with Crippen LogP contribution in [-0.2, 0) is 4.79 Å². The molecule has 0 spiro atoms. The zero-order valence-corrected chi connectivity index (χ0v) is 12.4. The fourth-order valence-electron chi connectivity index (χ4n) is 1.65. The highest BCUT2D eigenvalue weighted by Gasteiger charge is 2.03. The first-order valence-corrected chi connectivity index (χ1v) is 7.29. The molecule has 1 N–H and O–H groups in total. The average Bonchev–Trinajstić information content (AvgIpc) is 2.36. The van der Waals surface area contributed by atoms with E-state index in [2.05, 4.69) is 38.1 Å². The van der Waals surface area contributed by atoms with Gasteiger partial charge in [0.1, 0.15) is 4.60 Å². The molecule has 1 heterocycles. The number of carbonyl (C=O) groups excluding carboxylic acids is 1. The molecule has 4 nitrogen and oxygen atoms in total. The maximum atomic E-state index is 11.6. The van der Waals surface area contributed by atoms with Crippen molar-refractivity contribution >= 4 is 27.7 Å². The first-order valence-electron chi connectivity index (χ1n) is 6.49. The van der Waals surface area contributed by atoms with Crippen LogP contribution >= 0.6 is 15.9 Å². The molecule has 0 bridgehead atoms. The highest BCUT2D eigenvalue weighted by Crippen LogP contribution is 2.09. The Morgan fingerprint density at radius 1 is 1.17 bits per heavy atom. The lowest BCUT2D eigenvalue weighted by atomic mass is 10.1. The molecule has 0 aliphatic rings. The number of nitrogens with zero attached hydrogens (tertiary/aromatic N) is 2. The van der Waals surface area contributed by atoms with E-state index in [4.69, 9.17) is 0 Å². The lowest BCUT2D eigenvalue weighted by Gasteiger charge is -2.04. The Labute approximate surface area is 117 Å². The van der Waals surface area contributed by atoms with Crippen LogP contribution in [0.2, 0.25) is 0 Å². The molecule has 0 saturated heterocycles. The van der Waals surface area contributed by atoms with Gasteiger partial charge in [0.2, 0.25) is 5.91 Å². The maximum Gasteiger partial charge on any atom is 0.225 e. The number of unbranched alkanes of at least 4 members (excludes halogenated alkanes) is 5. The Morgan fingerprint density at radius 2 is 1.89 bits per heavy atom. The summed E-state index contributed by atoms with van der Waals surface area (Å²) >= 11 is 3.20. The fourth-order valence-corrected chi connectivity index (χ4v) is 1.85. The second kappa shape index (κ2) is 9.03. The molecule has 1 aromatic heterocycles. The number of anilines is 1. The van der Waals surface area contributed by atoms with Crippen molar-refractivity contribution in [1.82, 2.24) is 9.97 Å². The molecule has 0 aromatic carbocycles. The summed E-state index contributed by atoms with van der Waals surface area (Å²) in [5.41, 5.74) is 0. The first-order chi connectivity index (χ1) is 8.72. The summed E-state index contributed by atoms with van der Waals surface area (Å²) in [5, 5.41) is 2.74. The van der Waals surface area contributed by atoms with E-state index < -0.39 is 0 Å². The van der Waals surface area contributed by atoms with Gasteiger partial charge in [0.05, 0.1) is 12.4 Å². The first kappa shape index (κ1) is 15.1. The SMILES string of the molecule is CCCCCCCCC(=O)Nc1cnc(Br)cn1. The van der Waals surface area contributed by atoms with Crippen molar-refractivity contribution in [3.8, 4) is 0 Å². The zero-order valence-electron chi connectivity index (χ0n) is 10.8. The van der Waals surface area contributed by atoms with E-state index in [9.17, 15) is 4.79 Å². The molecule has 100 valence electrons. The summed E-state index contributed by atoms with van der Waals surface area (Å²) in [6.45, 7) is 2.20.